The minimum absolute atomic E-state index is 0.103. The summed E-state index contributed by atoms with van der Waals surface area (Å²) in [4.78, 5) is 11.9. The van der Waals surface area contributed by atoms with E-state index in [0.717, 1.165) is 18.2 Å². The van der Waals surface area contributed by atoms with E-state index >= 15 is 0 Å². The van der Waals surface area contributed by atoms with Crippen molar-refractivity contribution in [3.05, 3.63) is 53.6 Å². The Morgan fingerprint density at radius 3 is 2.25 bits per heavy atom. The maximum atomic E-state index is 11.9. The first-order valence-electron chi connectivity index (χ1n) is 5.72. The topological polar surface area (TPSA) is 101 Å². The van der Waals surface area contributed by atoms with Gasteiger partial charge in [-0.3, -0.25) is 4.79 Å². The van der Waals surface area contributed by atoms with Crippen molar-refractivity contribution in [1.82, 2.24) is 0 Å². The molecule has 0 atom stereocenters. The highest BCUT2D eigenvalue weighted by Gasteiger charge is 2.10. The molecule has 0 amide bonds. The molecule has 0 radical (unpaired) electrons. The number of carbonyl (C=O) groups excluding carboxylic acids is 1. The van der Waals surface area contributed by atoms with Crippen LogP contribution in [-0.2, 0) is 0 Å². The van der Waals surface area contributed by atoms with Crippen LogP contribution in [0.25, 0.3) is 6.08 Å². The summed E-state index contributed by atoms with van der Waals surface area (Å²) in [6.45, 7) is 0. The molecule has 102 valence electrons. The van der Waals surface area contributed by atoms with Crippen molar-refractivity contribution >= 4 is 11.9 Å². The van der Waals surface area contributed by atoms with Gasteiger partial charge in [0.05, 0.1) is 5.56 Å². The van der Waals surface area contributed by atoms with E-state index in [1.54, 1.807) is 12.1 Å². The average Bonchev–Trinajstić information content (AvgIpc) is 2.37. The lowest BCUT2D eigenvalue weighted by atomic mass is 10.1. The third-order valence-electron chi connectivity index (χ3n) is 2.63. The summed E-state index contributed by atoms with van der Waals surface area (Å²) in [6, 6.07) is 7.90. The number of rotatable bonds is 3. The van der Waals surface area contributed by atoms with Crippen LogP contribution in [0.3, 0.4) is 0 Å². The molecule has 0 aromatic heterocycles. The molecule has 0 saturated carbocycles. The molecule has 0 unspecified atom stereocenters. The normalized spacial score (nSPS) is 10.8. The first-order valence-corrected chi connectivity index (χ1v) is 5.72. The standard InChI is InChI=1S/C15H12O5/c16-10-4-1-9(2-5-10)3-6-12(18)15-13(19)7-11(17)8-14(15)20/h1-8,16-17,19-20H/p-1/b6-3+. The van der Waals surface area contributed by atoms with Gasteiger partial charge in [0.1, 0.15) is 17.2 Å². The molecule has 0 heterocycles. The minimum Gasteiger partial charge on any atom is -0.872 e. The smallest absolute Gasteiger partial charge is 0.188 e. The quantitative estimate of drug-likeness (QED) is 0.583. The van der Waals surface area contributed by atoms with Crippen molar-refractivity contribution in [2.24, 2.45) is 0 Å². The van der Waals surface area contributed by atoms with Gasteiger partial charge >= 0.3 is 0 Å². The first kappa shape index (κ1) is 13.5. The Bertz CT molecular complexity index is 648. The Morgan fingerprint density at radius 2 is 1.65 bits per heavy atom. The number of hydrogen-bond donors (Lipinski definition) is 3. The summed E-state index contributed by atoms with van der Waals surface area (Å²) in [5.74, 6) is -2.27. The van der Waals surface area contributed by atoms with E-state index in [9.17, 15) is 15.0 Å². The maximum absolute atomic E-state index is 11.9. The molecule has 0 saturated heterocycles. The molecule has 2 aromatic rings. The number of phenols is 3. The van der Waals surface area contributed by atoms with Crippen molar-refractivity contribution < 1.29 is 25.2 Å². The average molecular weight is 271 g/mol. The predicted octanol–water partition coefficient (Wildman–Crippen LogP) is 1.77. The van der Waals surface area contributed by atoms with Crippen molar-refractivity contribution in [1.29, 1.82) is 0 Å². The van der Waals surface area contributed by atoms with Gasteiger partial charge in [-0.05, 0) is 29.8 Å². The van der Waals surface area contributed by atoms with Gasteiger partial charge in [-0.15, -0.1) is 0 Å². The summed E-state index contributed by atoms with van der Waals surface area (Å²) in [6.07, 6.45) is 2.59. The molecule has 20 heavy (non-hydrogen) atoms. The highest BCUT2D eigenvalue weighted by molar-refractivity contribution is 6.10. The van der Waals surface area contributed by atoms with Crippen LogP contribution in [0.2, 0.25) is 0 Å². The minimum atomic E-state index is -0.747. The van der Waals surface area contributed by atoms with Gasteiger partial charge in [-0.1, -0.05) is 24.0 Å². The Morgan fingerprint density at radius 1 is 1.00 bits per heavy atom. The fraction of sp³-hybridized carbons (Fsp3) is 0. The second-order valence-corrected chi connectivity index (χ2v) is 4.13. The number of carbonyl (C=O) groups is 1. The van der Waals surface area contributed by atoms with E-state index in [2.05, 4.69) is 0 Å². The van der Waals surface area contributed by atoms with Crippen LogP contribution in [0, 0.1) is 0 Å². The Balaban J connectivity index is 2.26. The molecular weight excluding hydrogens is 260 g/mol. The van der Waals surface area contributed by atoms with Gasteiger partial charge in [0.15, 0.2) is 5.78 Å². The largest absolute Gasteiger partial charge is 0.872 e. The molecule has 5 heteroatoms. The van der Waals surface area contributed by atoms with Crippen LogP contribution >= 0.6 is 0 Å². The molecule has 0 fully saturated rings. The summed E-state index contributed by atoms with van der Waals surface area (Å²) in [5, 5.41) is 39.3. The number of benzene rings is 2. The number of ketones is 1. The summed E-state index contributed by atoms with van der Waals surface area (Å²) in [7, 11) is 0. The van der Waals surface area contributed by atoms with E-state index in [1.165, 1.54) is 18.2 Å². The van der Waals surface area contributed by atoms with E-state index in [0.29, 0.717) is 5.56 Å². The second kappa shape index (κ2) is 5.36. The van der Waals surface area contributed by atoms with Gasteiger partial charge in [0.25, 0.3) is 0 Å². The third-order valence-corrected chi connectivity index (χ3v) is 2.63. The lowest BCUT2D eigenvalue weighted by Crippen LogP contribution is -2.02. The van der Waals surface area contributed by atoms with Gasteiger partial charge < -0.3 is 20.4 Å². The van der Waals surface area contributed by atoms with Gasteiger partial charge in [-0.2, -0.15) is 0 Å². The van der Waals surface area contributed by atoms with E-state index in [1.807, 2.05) is 0 Å². The van der Waals surface area contributed by atoms with Gasteiger partial charge in [0.2, 0.25) is 0 Å². The molecule has 0 aliphatic heterocycles. The lowest BCUT2D eigenvalue weighted by molar-refractivity contribution is -0.268. The SMILES string of the molecule is O=C(/C=C/c1ccc(O)cc1)c1c([O-])cc(O)cc1O. The molecule has 3 N–H and O–H groups in total. The fourth-order valence-electron chi connectivity index (χ4n) is 1.67. The van der Waals surface area contributed by atoms with Crippen LogP contribution in [0.5, 0.6) is 23.0 Å². The monoisotopic (exact) mass is 271 g/mol. The van der Waals surface area contributed by atoms with Crippen LogP contribution in [0.1, 0.15) is 15.9 Å². The molecule has 2 rings (SSSR count). The summed E-state index contributed by atoms with van der Waals surface area (Å²) in [5.41, 5.74) is 0.264. The van der Waals surface area contributed by atoms with Crippen LogP contribution < -0.4 is 5.11 Å². The van der Waals surface area contributed by atoms with Crippen molar-refractivity contribution in [3.63, 3.8) is 0 Å². The molecule has 2 aromatic carbocycles. The summed E-state index contributed by atoms with van der Waals surface area (Å²) >= 11 is 0. The zero-order valence-electron chi connectivity index (χ0n) is 10.3. The number of phenolic OH excluding ortho intramolecular Hbond substituents is 3. The zero-order chi connectivity index (χ0) is 14.7. The van der Waals surface area contributed by atoms with E-state index in [4.69, 9.17) is 10.2 Å². The molecule has 0 bridgehead atoms. The van der Waals surface area contributed by atoms with E-state index < -0.39 is 28.6 Å². The third kappa shape index (κ3) is 2.89. The summed E-state index contributed by atoms with van der Waals surface area (Å²) < 4.78 is 0. The molecular formula is C15H11O5-. The van der Waals surface area contributed by atoms with Crippen molar-refractivity contribution in [3.8, 4) is 23.0 Å². The van der Waals surface area contributed by atoms with Crippen molar-refractivity contribution in [2.45, 2.75) is 0 Å². The van der Waals surface area contributed by atoms with Gasteiger partial charge in [0, 0.05) is 6.07 Å². The van der Waals surface area contributed by atoms with E-state index in [-0.39, 0.29) is 5.75 Å². The Hall–Kier alpha value is -2.95. The fourth-order valence-corrected chi connectivity index (χ4v) is 1.67. The van der Waals surface area contributed by atoms with Crippen LogP contribution in [0.15, 0.2) is 42.5 Å². The molecule has 0 aliphatic carbocycles. The highest BCUT2D eigenvalue weighted by Crippen LogP contribution is 2.30. The Labute approximate surface area is 114 Å². The predicted molar refractivity (Wildman–Crippen MR) is 70.7 cm³/mol. The number of allylic oxidation sites excluding steroid dienone is 1. The Kier molecular flexibility index (Phi) is 3.61. The maximum Gasteiger partial charge on any atom is 0.188 e. The molecule has 0 aliphatic rings. The molecule has 5 nitrogen and oxygen atoms in total. The highest BCUT2D eigenvalue weighted by atomic mass is 16.3. The van der Waals surface area contributed by atoms with Crippen LogP contribution in [-0.4, -0.2) is 21.1 Å². The first-order chi connectivity index (χ1) is 9.47. The van der Waals surface area contributed by atoms with Crippen molar-refractivity contribution in [2.75, 3.05) is 0 Å². The lowest BCUT2D eigenvalue weighted by Gasteiger charge is -2.12. The number of aromatic hydroxyl groups is 3. The second-order valence-electron chi connectivity index (χ2n) is 4.13. The zero-order valence-corrected chi connectivity index (χ0v) is 10.3. The number of hydrogen-bond acceptors (Lipinski definition) is 5. The molecule has 0 spiro atoms. The van der Waals surface area contributed by atoms with Gasteiger partial charge in [-0.25, -0.2) is 0 Å². The van der Waals surface area contributed by atoms with Crippen LogP contribution in [0.4, 0.5) is 0 Å².